The number of rotatable bonds is 6. The standard InChI is InChI=1S/C21H27N5O3/c1-15(27)22-10-21(28)25-14-17-13-24(8-7-18(17)25)11-16-9-23-26(12-16)19-5-3-4-6-20(19)29-2/h3-6,9,12,17-18H,7-8,10-11,13-14H2,1-2H3,(H,22,27). The largest absolute Gasteiger partial charge is 0.494 e. The van der Waals surface area contributed by atoms with Crippen molar-refractivity contribution in [1.82, 2.24) is 24.9 Å². The summed E-state index contributed by atoms with van der Waals surface area (Å²) >= 11 is 0. The number of hydrogen-bond acceptors (Lipinski definition) is 5. The number of nitrogens with zero attached hydrogens (tertiary/aromatic N) is 4. The zero-order valence-corrected chi connectivity index (χ0v) is 16.9. The Bertz CT molecular complexity index is 896. The molecule has 2 atom stereocenters. The first-order valence-corrected chi connectivity index (χ1v) is 9.98. The predicted octanol–water partition coefficient (Wildman–Crippen LogP) is 1.05. The highest BCUT2D eigenvalue weighted by Crippen LogP contribution is 2.33. The molecule has 154 valence electrons. The van der Waals surface area contributed by atoms with Gasteiger partial charge in [-0.15, -0.1) is 0 Å². The lowest BCUT2D eigenvalue weighted by Crippen LogP contribution is -2.65. The first-order chi connectivity index (χ1) is 14.0. The molecule has 1 aromatic carbocycles. The van der Waals surface area contributed by atoms with Gasteiger partial charge >= 0.3 is 0 Å². The highest BCUT2D eigenvalue weighted by Gasteiger charge is 2.44. The molecule has 2 unspecified atom stereocenters. The van der Waals surface area contributed by atoms with E-state index in [1.807, 2.05) is 46.2 Å². The summed E-state index contributed by atoms with van der Waals surface area (Å²) in [5, 5.41) is 7.10. The average Bonchev–Trinajstić information content (AvgIpc) is 3.16. The molecule has 0 aliphatic carbocycles. The Hall–Kier alpha value is -2.87. The summed E-state index contributed by atoms with van der Waals surface area (Å²) in [5.74, 6) is 1.16. The second-order valence-corrected chi connectivity index (χ2v) is 7.77. The van der Waals surface area contributed by atoms with Crippen molar-refractivity contribution in [2.75, 3.05) is 33.3 Å². The van der Waals surface area contributed by atoms with Crippen molar-refractivity contribution in [2.45, 2.75) is 25.9 Å². The molecule has 0 saturated carbocycles. The highest BCUT2D eigenvalue weighted by molar-refractivity contribution is 5.84. The van der Waals surface area contributed by atoms with Crippen molar-refractivity contribution in [3.63, 3.8) is 0 Å². The minimum Gasteiger partial charge on any atom is -0.494 e. The summed E-state index contributed by atoms with van der Waals surface area (Å²) in [6, 6.07) is 8.14. The number of methoxy groups -OCH3 is 1. The lowest BCUT2D eigenvalue weighted by molar-refractivity contribution is -0.148. The van der Waals surface area contributed by atoms with Gasteiger partial charge < -0.3 is 15.0 Å². The fraction of sp³-hybridized carbons (Fsp3) is 0.476. The van der Waals surface area contributed by atoms with Gasteiger partial charge in [0.2, 0.25) is 11.8 Å². The average molecular weight is 397 g/mol. The normalized spacial score (nSPS) is 21.2. The highest BCUT2D eigenvalue weighted by atomic mass is 16.5. The summed E-state index contributed by atoms with van der Waals surface area (Å²) in [6.07, 6.45) is 4.92. The van der Waals surface area contributed by atoms with E-state index in [2.05, 4.69) is 15.3 Å². The molecule has 2 fully saturated rings. The van der Waals surface area contributed by atoms with Crippen LogP contribution in [0.15, 0.2) is 36.7 Å². The lowest BCUT2D eigenvalue weighted by Gasteiger charge is -2.53. The van der Waals surface area contributed by atoms with Gasteiger partial charge in [-0.3, -0.25) is 14.5 Å². The number of para-hydroxylation sites is 2. The molecular formula is C21H27N5O3. The molecule has 2 aliphatic heterocycles. The van der Waals surface area contributed by atoms with Crippen molar-refractivity contribution in [1.29, 1.82) is 0 Å². The van der Waals surface area contributed by atoms with E-state index in [0.717, 1.165) is 49.6 Å². The van der Waals surface area contributed by atoms with Crippen LogP contribution < -0.4 is 10.1 Å². The fourth-order valence-electron chi connectivity index (χ4n) is 4.32. The topological polar surface area (TPSA) is 79.7 Å². The van der Waals surface area contributed by atoms with E-state index < -0.39 is 0 Å². The number of nitrogens with one attached hydrogen (secondary N) is 1. The van der Waals surface area contributed by atoms with Crippen molar-refractivity contribution in [3.05, 3.63) is 42.2 Å². The van der Waals surface area contributed by atoms with Gasteiger partial charge in [0.05, 0.1) is 19.9 Å². The van der Waals surface area contributed by atoms with Gasteiger partial charge in [0, 0.05) is 56.8 Å². The van der Waals surface area contributed by atoms with Crippen molar-refractivity contribution < 1.29 is 14.3 Å². The number of likely N-dealkylation sites (tertiary alicyclic amines) is 2. The third kappa shape index (κ3) is 4.12. The van der Waals surface area contributed by atoms with Crippen LogP contribution in [0.5, 0.6) is 5.75 Å². The molecule has 2 aliphatic rings. The van der Waals surface area contributed by atoms with Crippen molar-refractivity contribution in [3.8, 4) is 11.4 Å². The van der Waals surface area contributed by atoms with Gasteiger partial charge in [-0.05, 0) is 18.6 Å². The van der Waals surface area contributed by atoms with Gasteiger partial charge in [-0.25, -0.2) is 4.68 Å². The first kappa shape index (κ1) is 19.4. The number of aromatic nitrogens is 2. The second kappa shape index (κ2) is 8.24. The Kier molecular flexibility index (Phi) is 5.53. The summed E-state index contributed by atoms with van der Waals surface area (Å²) in [5.41, 5.74) is 2.08. The van der Waals surface area contributed by atoms with E-state index in [9.17, 15) is 9.59 Å². The van der Waals surface area contributed by atoms with Gasteiger partial charge in [0.15, 0.2) is 0 Å². The quantitative estimate of drug-likeness (QED) is 0.788. The Morgan fingerprint density at radius 1 is 1.28 bits per heavy atom. The van der Waals surface area contributed by atoms with Crippen LogP contribution in [0.4, 0.5) is 0 Å². The number of hydrogen-bond donors (Lipinski definition) is 1. The number of carbonyl (C=O) groups is 2. The van der Waals surface area contributed by atoms with Crippen LogP contribution in [0.3, 0.4) is 0 Å². The molecule has 4 rings (SSSR count). The summed E-state index contributed by atoms with van der Waals surface area (Å²) in [6.45, 7) is 5.09. The fourth-order valence-corrected chi connectivity index (χ4v) is 4.32. The molecule has 3 heterocycles. The molecule has 0 radical (unpaired) electrons. The molecule has 29 heavy (non-hydrogen) atoms. The van der Waals surface area contributed by atoms with Crippen LogP contribution in [0.1, 0.15) is 18.9 Å². The third-order valence-electron chi connectivity index (χ3n) is 5.79. The minimum absolute atomic E-state index is 0.0213. The molecule has 2 amide bonds. The second-order valence-electron chi connectivity index (χ2n) is 7.77. The van der Waals surface area contributed by atoms with Gasteiger partial charge in [0.25, 0.3) is 0 Å². The van der Waals surface area contributed by atoms with Crippen LogP contribution in [-0.4, -0.2) is 70.7 Å². The van der Waals surface area contributed by atoms with Crippen molar-refractivity contribution >= 4 is 11.8 Å². The van der Waals surface area contributed by atoms with Crippen LogP contribution >= 0.6 is 0 Å². The summed E-state index contributed by atoms with van der Waals surface area (Å²) in [7, 11) is 1.66. The van der Waals surface area contributed by atoms with Crippen LogP contribution in [0.25, 0.3) is 5.69 Å². The maximum absolute atomic E-state index is 12.2. The molecule has 0 spiro atoms. The SMILES string of the molecule is COc1ccccc1-n1cc(CN2CCC3C(C2)CN3C(=O)CNC(C)=O)cn1. The predicted molar refractivity (Wildman–Crippen MR) is 108 cm³/mol. The van der Waals surface area contributed by atoms with E-state index >= 15 is 0 Å². The van der Waals surface area contributed by atoms with Crippen LogP contribution in [-0.2, 0) is 16.1 Å². The Labute approximate surface area is 170 Å². The molecular weight excluding hydrogens is 370 g/mol. The Balaban J connectivity index is 1.31. The molecule has 2 aromatic rings. The van der Waals surface area contributed by atoms with E-state index in [1.54, 1.807) is 7.11 Å². The maximum atomic E-state index is 12.2. The number of benzene rings is 1. The van der Waals surface area contributed by atoms with Gasteiger partial charge in [-0.1, -0.05) is 12.1 Å². The van der Waals surface area contributed by atoms with E-state index in [1.165, 1.54) is 6.92 Å². The number of amides is 2. The maximum Gasteiger partial charge on any atom is 0.242 e. The zero-order valence-electron chi connectivity index (χ0n) is 16.9. The molecule has 1 N–H and O–H groups in total. The first-order valence-electron chi connectivity index (χ1n) is 9.98. The van der Waals surface area contributed by atoms with Crippen LogP contribution in [0.2, 0.25) is 0 Å². The monoisotopic (exact) mass is 397 g/mol. The number of carbonyl (C=O) groups excluding carboxylic acids is 2. The van der Waals surface area contributed by atoms with Gasteiger partial charge in [-0.2, -0.15) is 5.10 Å². The summed E-state index contributed by atoms with van der Waals surface area (Å²) in [4.78, 5) is 27.6. The Morgan fingerprint density at radius 2 is 2.10 bits per heavy atom. The minimum atomic E-state index is -0.168. The van der Waals surface area contributed by atoms with Crippen molar-refractivity contribution in [2.24, 2.45) is 5.92 Å². The van der Waals surface area contributed by atoms with Crippen LogP contribution in [0, 0.1) is 5.92 Å². The van der Waals surface area contributed by atoms with E-state index in [4.69, 9.17) is 4.74 Å². The van der Waals surface area contributed by atoms with E-state index in [-0.39, 0.29) is 18.4 Å². The smallest absolute Gasteiger partial charge is 0.242 e. The number of piperidine rings is 1. The molecule has 1 aromatic heterocycles. The van der Waals surface area contributed by atoms with E-state index in [0.29, 0.717) is 12.0 Å². The molecule has 8 nitrogen and oxygen atoms in total. The molecule has 0 bridgehead atoms. The summed E-state index contributed by atoms with van der Waals surface area (Å²) < 4.78 is 7.28. The zero-order chi connectivity index (χ0) is 20.4. The Morgan fingerprint density at radius 3 is 2.86 bits per heavy atom. The van der Waals surface area contributed by atoms with Gasteiger partial charge in [0.1, 0.15) is 11.4 Å². The number of fused-ring (bicyclic) bond motifs is 1. The molecule has 2 saturated heterocycles. The molecule has 8 heteroatoms. The number of ether oxygens (including phenoxy) is 1. The lowest BCUT2D eigenvalue weighted by atomic mass is 9.82. The third-order valence-corrected chi connectivity index (χ3v) is 5.79.